The number of sulfonamides is 1. The van der Waals surface area contributed by atoms with Crippen molar-refractivity contribution in [3.8, 4) is 5.75 Å². The number of amides is 1. The van der Waals surface area contributed by atoms with Crippen LogP contribution in [-0.2, 0) is 21.4 Å². The first-order chi connectivity index (χ1) is 16.4. The molecule has 1 heterocycles. The molecule has 2 fully saturated rings. The van der Waals surface area contributed by atoms with Crippen LogP contribution in [0.15, 0.2) is 47.4 Å². The number of carbonyl (C=O) groups excluding carboxylic acids is 1. The summed E-state index contributed by atoms with van der Waals surface area (Å²) in [6.45, 7) is 4.07. The van der Waals surface area contributed by atoms with Crippen molar-refractivity contribution in [3.63, 3.8) is 0 Å². The summed E-state index contributed by atoms with van der Waals surface area (Å²) in [6.07, 6.45) is 6.03. The van der Waals surface area contributed by atoms with Gasteiger partial charge in [0, 0.05) is 25.7 Å². The summed E-state index contributed by atoms with van der Waals surface area (Å²) in [5, 5.41) is 2.91. The number of aryl methyl sites for hydroxylation is 1. The average molecular weight is 486 g/mol. The van der Waals surface area contributed by atoms with Gasteiger partial charge < -0.3 is 10.1 Å². The summed E-state index contributed by atoms with van der Waals surface area (Å²) < 4.78 is 33.5. The topological polar surface area (TPSA) is 79.0 Å². The maximum atomic E-state index is 13.2. The summed E-state index contributed by atoms with van der Waals surface area (Å²) >= 11 is 0. The van der Waals surface area contributed by atoms with Gasteiger partial charge in [0.1, 0.15) is 5.75 Å². The second kappa shape index (κ2) is 10.9. The van der Waals surface area contributed by atoms with E-state index in [9.17, 15) is 13.2 Å². The predicted octanol–water partition coefficient (Wildman–Crippen LogP) is 4.17. The van der Waals surface area contributed by atoms with Gasteiger partial charge in [-0.3, -0.25) is 9.69 Å². The number of nitrogens with zero attached hydrogens (tertiary/aromatic N) is 2. The molecule has 2 aliphatic rings. The molecule has 0 spiro atoms. The number of carbonyl (C=O) groups is 1. The molecule has 0 atom stereocenters. The Kier molecular flexibility index (Phi) is 7.91. The third kappa shape index (κ3) is 6.17. The molecule has 1 aliphatic carbocycles. The maximum Gasteiger partial charge on any atom is 0.243 e. The highest BCUT2D eigenvalue weighted by Crippen LogP contribution is 2.31. The van der Waals surface area contributed by atoms with E-state index < -0.39 is 10.0 Å². The van der Waals surface area contributed by atoms with Crippen LogP contribution >= 0.6 is 0 Å². The van der Waals surface area contributed by atoms with Gasteiger partial charge in [-0.05, 0) is 56.4 Å². The molecule has 2 aromatic rings. The van der Waals surface area contributed by atoms with Gasteiger partial charge in [-0.25, -0.2) is 8.42 Å². The number of methoxy groups -OCH3 is 1. The van der Waals surface area contributed by atoms with E-state index in [0.717, 1.165) is 38.5 Å². The van der Waals surface area contributed by atoms with Crippen LogP contribution in [0, 0.1) is 6.92 Å². The molecule has 2 aromatic carbocycles. The van der Waals surface area contributed by atoms with Crippen LogP contribution < -0.4 is 10.1 Å². The number of hydrogen-bond donors (Lipinski definition) is 1. The van der Waals surface area contributed by atoms with Crippen LogP contribution in [0.3, 0.4) is 0 Å². The smallest absolute Gasteiger partial charge is 0.243 e. The molecule has 34 heavy (non-hydrogen) atoms. The molecule has 1 aliphatic heterocycles. The highest BCUT2D eigenvalue weighted by Gasteiger charge is 2.31. The molecule has 1 N–H and O–H groups in total. The molecule has 4 rings (SSSR count). The van der Waals surface area contributed by atoms with E-state index in [1.54, 1.807) is 16.4 Å². The maximum absolute atomic E-state index is 13.2. The minimum absolute atomic E-state index is 0.179. The van der Waals surface area contributed by atoms with E-state index in [-0.39, 0.29) is 17.3 Å². The lowest BCUT2D eigenvalue weighted by Gasteiger charge is -2.23. The van der Waals surface area contributed by atoms with Crippen molar-refractivity contribution in [1.82, 2.24) is 9.21 Å². The molecule has 1 saturated heterocycles. The number of benzene rings is 2. The lowest BCUT2D eigenvalue weighted by atomic mass is 10.1. The predicted molar refractivity (Wildman–Crippen MR) is 133 cm³/mol. The van der Waals surface area contributed by atoms with Crippen LogP contribution in [0.1, 0.15) is 49.7 Å². The van der Waals surface area contributed by atoms with Crippen molar-refractivity contribution >= 4 is 21.6 Å². The number of ether oxygens (including phenoxy) is 1. The van der Waals surface area contributed by atoms with Gasteiger partial charge in [0.2, 0.25) is 15.9 Å². The average Bonchev–Trinajstić information content (AvgIpc) is 3.67. The van der Waals surface area contributed by atoms with Gasteiger partial charge in [0.15, 0.2) is 0 Å². The van der Waals surface area contributed by atoms with Crippen molar-refractivity contribution in [2.75, 3.05) is 32.1 Å². The number of hydrogen-bond acceptors (Lipinski definition) is 5. The van der Waals surface area contributed by atoms with Crippen molar-refractivity contribution in [2.24, 2.45) is 0 Å². The third-order valence-corrected chi connectivity index (χ3v) is 8.46. The Morgan fingerprint density at radius 1 is 1.06 bits per heavy atom. The summed E-state index contributed by atoms with van der Waals surface area (Å²) in [7, 11) is -2.11. The summed E-state index contributed by atoms with van der Waals surface area (Å²) in [6, 6.07) is 13.5. The third-order valence-electron chi connectivity index (χ3n) is 6.56. The van der Waals surface area contributed by atoms with Gasteiger partial charge in [-0.1, -0.05) is 42.7 Å². The van der Waals surface area contributed by atoms with Gasteiger partial charge in [-0.15, -0.1) is 0 Å². The van der Waals surface area contributed by atoms with Gasteiger partial charge in [0.05, 0.1) is 24.2 Å². The molecule has 1 amide bonds. The number of nitrogens with one attached hydrogen (secondary N) is 1. The Hall–Kier alpha value is -2.42. The monoisotopic (exact) mass is 485 g/mol. The van der Waals surface area contributed by atoms with Gasteiger partial charge in [0.25, 0.3) is 0 Å². The van der Waals surface area contributed by atoms with Gasteiger partial charge in [-0.2, -0.15) is 4.31 Å². The largest absolute Gasteiger partial charge is 0.495 e. The standard InChI is InChI=1S/C26H35N3O4S/c1-20-7-9-21(10-8-20)18-28(22-11-12-22)19-26(30)27-24-17-23(13-14-25(24)33-2)34(31,32)29-15-5-3-4-6-16-29/h7-10,13-14,17,22H,3-6,11-12,15-16,18-19H2,1-2H3,(H,27,30). The van der Waals surface area contributed by atoms with E-state index in [2.05, 4.69) is 41.4 Å². The fourth-order valence-electron chi connectivity index (χ4n) is 4.43. The minimum Gasteiger partial charge on any atom is -0.495 e. The Balaban J connectivity index is 1.48. The fraction of sp³-hybridized carbons (Fsp3) is 0.500. The fourth-order valence-corrected chi connectivity index (χ4v) is 5.98. The van der Waals surface area contributed by atoms with E-state index >= 15 is 0 Å². The van der Waals surface area contributed by atoms with Gasteiger partial charge >= 0.3 is 0 Å². The van der Waals surface area contributed by atoms with E-state index in [1.807, 2.05) is 0 Å². The summed E-state index contributed by atoms with van der Waals surface area (Å²) in [4.78, 5) is 15.4. The molecule has 184 valence electrons. The lowest BCUT2D eigenvalue weighted by molar-refractivity contribution is -0.117. The first kappa shape index (κ1) is 24.7. The normalized spacial score (nSPS) is 17.4. The lowest BCUT2D eigenvalue weighted by Crippen LogP contribution is -2.34. The Morgan fingerprint density at radius 2 is 1.74 bits per heavy atom. The Bertz CT molecular complexity index is 1090. The summed E-state index contributed by atoms with van der Waals surface area (Å²) in [5.41, 5.74) is 2.77. The van der Waals surface area contributed by atoms with Crippen LogP contribution in [-0.4, -0.2) is 56.3 Å². The quantitative estimate of drug-likeness (QED) is 0.577. The number of rotatable bonds is 9. The van der Waals surface area contributed by atoms with Crippen molar-refractivity contribution in [1.29, 1.82) is 0 Å². The Labute approximate surface area is 203 Å². The molecular weight excluding hydrogens is 450 g/mol. The first-order valence-corrected chi connectivity index (χ1v) is 13.6. The molecule has 1 saturated carbocycles. The van der Waals surface area contributed by atoms with Crippen molar-refractivity contribution < 1.29 is 17.9 Å². The van der Waals surface area contributed by atoms with Crippen LogP contribution in [0.4, 0.5) is 5.69 Å². The highest BCUT2D eigenvalue weighted by atomic mass is 32.2. The zero-order chi connectivity index (χ0) is 24.1. The molecule has 0 aromatic heterocycles. The van der Waals surface area contributed by atoms with E-state index in [4.69, 9.17) is 4.74 Å². The van der Waals surface area contributed by atoms with Crippen LogP contribution in [0.25, 0.3) is 0 Å². The zero-order valence-corrected chi connectivity index (χ0v) is 20.9. The molecular formula is C26H35N3O4S. The Morgan fingerprint density at radius 3 is 2.35 bits per heavy atom. The van der Waals surface area contributed by atoms with E-state index in [0.29, 0.717) is 37.1 Å². The molecule has 0 bridgehead atoms. The zero-order valence-electron chi connectivity index (χ0n) is 20.1. The number of anilines is 1. The molecule has 8 heteroatoms. The molecule has 0 radical (unpaired) electrons. The summed E-state index contributed by atoms with van der Waals surface area (Å²) in [5.74, 6) is 0.265. The highest BCUT2D eigenvalue weighted by molar-refractivity contribution is 7.89. The first-order valence-electron chi connectivity index (χ1n) is 12.1. The minimum atomic E-state index is -3.62. The molecule has 0 unspecified atom stereocenters. The second-order valence-electron chi connectivity index (χ2n) is 9.35. The SMILES string of the molecule is COc1ccc(S(=O)(=O)N2CCCCCC2)cc1NC(=O)CN(Cc1ccc(C)cc1)C1CC1. The van der Waals surface area contributed by atoms with Crippen LogP contribution in [0.5, 0.6) is 5.75 Å². The van der Waals surface area contributed by atoms with E-state index in [1.165, 1.54) is 24.3 Å². The van der Waals surface area contributed by atoms with Crippen molar-refractivity contribution in [2.45, 2.75) is 62.9 Å². The van der Waals surface area contributed by atoms with Crippen LogP contribution in [0.2, 0.25) is 0 Å². The van der Waals surface area contributed by atoms with Crippen molar-refractivity contribution in [3.05, 3.63) is 53.6 Å². The molecule has 7 nitrogen and oxygen atoms in total. The second-order valence-corrected chi connectivity index (χ2v) is 11.3.